The highest BCUT2D eigenvalue weighted by Crippen LogP contribution is 2.43. The molecular weight excluding hydrogens is 1070 g/mol. The number of nitrogens with zero attached hydrogens (tertiary/aromatic N) is 1. The van der Waals surface area contributed by atoms with E-state index in [4.69, 9.17) is 13.8 Å². The summed E-state index contributed by atoms with van der Waals surface area (Å²) in [6.07, 6.45) is 81.6. The first-order chi connectivity index (χ1) is 41.4. The average molecular weight is 1220 g/mol. The molecule has 0 aromatic carbocycles. The van der Waals surface area contributed by atoms with Gasteiger partial charge in [-0.15, -0.1) is 0 Å². The van der Waals surface area contributed by atoms with Crippen molar-refractivity contribution in [3.05, 3.63) is 36.5 Å². The Bertz CT molecular complexity index is 1550. The van der Waals surface area contributed by atoms with E-state index < -0.39 is 20.0 Å². The van der Waals surface area contributed by atoms with E-state index in [9.17, 15) is 19.0 Å². The van der Waals surface area contributed by atoms with Gasteiger partial charge in [-0.05, 0) is 63.9 Å². The van der Waals surface area contributed by atoms with Crippen molar-refractivity contribution >= 4 is 19.7 Å². The van der Waals surface area contributed by atoms with Crippen LogP contribution in [0.25, 0.3) is 0 Å². The molecule has 3 atom stereocenters. The monoisotopic (exact) mass is 1220 g/mol. The molecular formula is C75H146N2O7P+. The van der Waals surface area contributed by atoms with Gasteiger partial charge in [0.15, 0.2) is 0 Å². The molecule has 85 heavy (non-hydrogen) atoms. The maximum absolute atomic E-state index is 13.6. The summed E-state index contributed by atoms with van der Waals surface area (Å²) >= 11 is 0. The van der Waals surface area contributed by atoms with Crippen LogP contribution in [0.3, 0.4) is 0 Å². The van der Waals surface area contributed by atoms with Crippen LogP contribution in [-0.2, 0) is 27.9 Å². The predicted molar refractivity (Wildman–Crippen MR) is 369 cm³/mol. The minimum atomic E-state index is -4.45. The van der Waals surface area contributed by atoms with Crippen molar-refractivity contribution in [1.82, 2.24) is 5.32 Å². The minimum Gasteiger partial charge on any atom is -0.456 e. The third-order valence-electron chi connectivity index (χ3n) is 17.1. The van der Waals surface area contributed by atoms with Gasteiger partial charge in [0.1, 0.15) is 19.3 Å². The zero-order valence-electron chi connectivity index (χ0n) is 57.6. The number of rotatable bonds is 69. The van der Waals surface area contributed by atoms with E-state index in [2.05, 4.69) is 56.5 Å². The molecule has 0 aliphatic rings. The number of carbonyl (C=O) groups is 2. The van der Waals surface area contributed by atoms with E-state index in [-0.39, 0.29) is 25.1 Å². The van der Waals surface area contributed by atoms with Gasteiger partial charge in [0, 0.05) is 12.8 Å². The molecule has 0 aromatic heterocycles. The number of likely N-dealkylation sites (N-methyl/N-ethyl adjacent to an activating group) is 1. The van der Waals surface area contributed by atoms with E-state index in [1.165, 1.54) is 283 Å². The molecule has 0 heterocycles. The largest absolute Gasteiger partial charge is 0.472 e. The molecule has 0 rings (SSSR count). The zero-order chi connectivity index (χ0) is 62.1. The Hall–Kier alpha value is -1.77. The highest BCUT2D eigenvalue weighted by atomic mass is 31.2. The maximum Gasteiger partial charge on any atom is 0.472 e. The van der Waals surface area contributed by atoms with Crippen LogP contribution in [0, 0.1) is 0 Å². The summed E-state index contributed by atoms with van der Waals surface area (Å²) in [5.41, 5.74) is 0. The van der Waals surface area contributed by atoms with Crippen LogP contribution < -0.4 is 5.32 Å². The molecule has 0 radical (unpaired) electrons. The van der Waals surface area contributed by atoms with Crippen molar-refractivity contribution in [3.8, 4) is 0 Å². The van der Waals surface area contributed by atoms with Crippen LogP contribution in [0.2, 0.25) is 0 Å². The lowest BCUT2D eigenvalue weighted by atomic mass is 10.0. The molecule has 10 heteroatoms. The highest BCUT2D eigenvalue weighted by molar-refractivity contribution is 7.47. The van der Waals surface area contributed by atoms with E-state index in [1.807, 2.05) is 27.2 Å². The summed E-state index contributed by atoms with van der Waals surface area (Å²) in [4.78, 5) is 38.0. The highest BCUT2D eigenvalue weighted by Gasteiger charge is 2.30. The summed E-state index contributed by atoms with van der Waals surface area (Å²) < 4.78 is 30.9. The molecule has 0 aromatic rings. The van der Waals surface area contributed by atoms with Gasteiger partial charge in [-0.25, -0.2) is 4.57 Å². The van der Waals surface area contributed by atoms with Crippen molar-refractivity contribution in [2.45, 2.75) is 392 Å². The van der Waals surface area contributed by atoms with Gasteiger partial charge in [0.05, 0.1) is 33.8 Å². The van der Waals surface area contributed by atoms with E-state index in [1.54, 1.807) is 0 Å². The molecule has 0 aliphatic carbocycles. The second kappa shape index (κ2) is 65.2. The Labute approximate surface area is 529 Å². The molecule has 0 saturated carbocycles. The molecule has 0 aliphatic heterocycles. The number of quaternary nitrogens is 1. The Morgan fingerprint density at radius 2 is 0.718 bits per heavy atom. The standard InChI is InChI=1S/C75H145N2O7P/c1-7-10-13-16-19-22-25-28-30-32-34-36-38-40-42-44-46-49-52-55-58-61-64-67-74(78)76-72(71-83-85(80,81)82-70-69-77(4,5)6)73(66-63-60-57-54-51-48-27-24-21-18-15-12-9-3)84-75(79)68-65-62-59-56-53-50-47-45-43-41-39-37-35-33-31-29-26-23-20-17-14-11-8-2/h19,22,28,30,63,66,72-73H,7-18,20-21,23-27,29,31-62,64-65,67-71H2,1-6H3,(H-,76,78,80,81)/p+1/b22-19-,30-28-,66-63+. The SMILES string of the molecule is CCCCC/C=C\C/C=C\CCCCCCCCCCCCCCCC(=O)NC(COP(=O)(O)OCC[N+](C)(C)C)C(/C=C/CCCCCCCCCCCCC)OC(=O)CCCCCCCCCCCCCCCCCCCCCCCCC. The van der Waals surface area contributed by atoms with E-state index in [0.29, 0.717) is 23.9 Å². The smallest absolute Gasteiger partial charge is 0.456 e. The number of carbonyl (C=O) groups excluding carboxylic acids is 2. The molecule has 1 amide bonds. The first-order valence-electron chi connectivity index (χ1n) is 37.3. The van der Waals surface area contributed by atoms with Gasteiger partial charge in [-0.2, -0.15) is 0 Å². The van der Waals surface area contributed by atoms with Crippen LogP contribution in [0.4, 0.5) is 0 Å². The van der Waals surface area contributed by atoms with Gasteiger partial charge in [-0.1, -0.05) is 340 Å². The summed E-state index contributed by atoms with van der Waals surface area (Å²) in [5, 5.41) is 3.08. The number of phosphoric ester groups is 1. The van der Waals surface area contributed by atoms with Crippen molar-refractivity contribution in [2.24, 2.45) is 0 Å². The lowest BCUT2D eigenvalue weighted by Gasteiger charge is -2.27. The molecule has 9 nitrogen and oxygen atoms in total. The van der Waals surface area contributed by atoms with Crippen LogP contribution >= 0.6 is 7.82 Å². The fourth-order valence-corrected chi connectivity index (χ4v) is 12.1. The van der Waals surface area contributed by atoms with Gasteiger partial charge >= 0.3 is 13.8 Å². The molecule has 0 fully saturated rings. The molecule has 2 N–H and O–H groups in total. The summed E-state index contributed by atoms with van der Waals surface area (Å²) in [6.45, 7) is 7.06. The lowest BCUT2D eigenvalue weighted by molar-refractivity contribution is -0.870. The number of hydrogen-bond acceptors (Lipinski definition) is 6. The number of phosphoric acid groups is 1. The van der Waals surface area contributed by atoms with Crippen molar-refractivity contribution in [3.63, 3.8) is 0 Å². The quantitative estimate of drug-likeness (QED) is 0.0205. The fraction of sp³-hybridized carbons (Fsp3) is 0.893. The zero-order valence-corrected chi connectivity index (χ0v) is 58.5. The number of nitrogens with one attached hydrogen (secondary N) is 1. The van der Waals surface area contributed by atoms with Gasteiger partial charge in [0.2, 0.25) is 5.91 Å². The number of allylic oxidation sites excluding steroid dienone is 5. The Morgan fingerprint density at radius 3 is 1.08 bits per heavy atom. The second-order valence-electron chi connectivity index (χ2n) is 26.8. The van der Waals surface area contributed by atoms with Crippen LogP contribution in [0.15, 0.2) is 36.5 Å². The predicted octanol–water partition coefficient (Wildman–Crippen LogP) is 23.8. The number of hydrogen-bond donors (Lipinski definition) is 2. The third kappa shape index (κ3) is 66.5. The number of esters is 1. The molecule has 0 spiro atoms. The van der Waals surface area contributed by atoms with Gasteiger partial charge in [0.25, 0.3) is 0 Å². The van der Waals surface area contributed by atoms with Crippen molar-refractivity contribution in [1.29, 1.82) is 0 Å². The van der Waals surface area contributed by atoms with Crippen molar-refractivity contribution in [2.75, 3.05) is 40.9 Å². The number of ether oxygens (including phenoxy) is 1. The second-order valence-corrected chi connectivity index (χ2v) is 28.3. The van der Waals surface area contributed by atoms with Crippen LogP contribution in [0.5, 0.6) is 0 Å². The number of amides is 1. The van der Waals surface area contributed by atoms with Gasteiger partial charge < -0.3 is 19.4 Å². The van der Waals surface area contributed by atoms with Crippen LogP contribution in [-0.4, -0.2) is 74.3 Å². The number of unbranched alkanes of at least 4 members (excludes halogenated alkanes) is 49. The Kier molecular flexibility index (Phi) is 63.8. The molecule has 0 saturated heterocycles. The summed E-state index contributed by atoms with van der Waals surface area (Å²) in [7, 11) is 1.52. The minimum absolute atomic E-state index is 0.0433. The van der Waals surface area contributed by atoms with E-state index in [0.717, 1.165) is 64.2 Å². The Morgan fingerprint density at radius 1 is 0.412 bits per heavy atom. The Balaban J connectivity index is 5.03. The molecule has 0 bridgehead atoms. The summed E-state index contributed by atoms with van der Waals surface area (Å²) in [6, 6.07) is -0.846. The topological polar surface area (TPSA) is 111 Å². The van der Waals surface area contributed by atoms with E-state index >= 15 is 0 Å². The summed E-state index contributed by atoms with van der Waals surface area (Å²) in [5.74, 6) is -0.483. The third-order valence-corrected chi connectivity index (χ3v) is 18.1. The molecule has 502 valence electrons. The average Bonchev–Trinajstić information content (AvgIpc) is 3.52. The normalized spacial score (nSPS) is 13.6. The lowest BCUT2D eigenvalue weighted by Crippen LogP contribution is -2.47. The molecule has 3 unspecified atom stereocenters. The van der Waals surface area contributed by atoms with Gasteiger partial charge in [-0.3, -0.25) is 18.6 Å². The maximum atomic E-state index is 13.6. The van der Waals surface area contributed by atoms with Crippen LogP contribution in [0.1, 0.15) is 380 Å². The first-order valence-corrected chi connectivity index (χ1v) is 38.8. The first kappa shape index (κ1) is 83.2. The van der Waals surface area contributed by atoms with Crippen molar-refractivity contribution < 1.29 is 37.3 Å². The fourth-order valence-electron chi connectivity index (χ4n) is 11.3.